The second-order valence-electron chi connectivity index (χ2n) is 4.78. The zero-order valence-corrected chi connectivity index (χ0v) is 10.1. The SMILES string of the molecule is NC1CCCC1c1nc(Cc2ccncc2)no1. The molecule has 2 atom stereocenters. The van der Waals surface area contributed by atoms with Gasteiger partial charge in [-0.25, -0.2) is 0 Å². The molecule has 2 N–H and O–H groups in total. The summed E-state index contributed by atoms with van der Waals surface area (Å²) in [6, 6.07) is 4.08. The van der Waals surface area contributed by atoms with Crippen molar-refractivity contribution in [3.63, 3.8) is 0 Å². The lowest BCUT2D eigenvalue weighted by Crippen LogP contribution is -2.22. The van der Waals surface area contributed by atoms with Gasteiger partial charge in [0.25, 0.3) is 0 Å². The van der Waals surface area contributed by atoms with E-state index in [1.807, 2.05) is 12.1 Å². The van der Waals surface area contributed by atoms with Crippen LogP contribution in [0.25, 0.3) is 0 Å². The Balaban J connectivity index is 1.74. The Kier molecular flexibility index (Phi) is 3.06. The van der Waals surface area contributed by atoms with Gasteiger partial charge in [-0.3, -0.25) is 4.98 Å². The number of pyridine rings is 1. The highest BCUT2D eigenvalue weighted by Crippen LogP contribution is 2.32. The molecule has 5 nitrogen and oxygen atoms in total. The van der Waals surface area contributed by atoms with Crippen LogP contribution in [0, 0.1) is 0 Å². The van der Waals surface area contributed by atoms with E-state index in [0.29, 0.717) is 12.3 Å². The summed E-state index contributed by atoms with van der Waals surface area (Å²) in [5, 5.41) is 4.03. The van der Waals surface area contributed by atoms with E-state index < -0.39 is 0 Å². The van der Waals surface area contributed by atoms with Crippen LogP contribution in [-0.2, 0) is 6.42 Å². The van der Waals surface area contributed by atoms with E-state index in [4.69, 9.17) is 10.3 Å². The number of aromatic nitrogens is 3. The second kappa shape index (κ2) is 4.86. The van der Waals surface area contributed by atoms with Crippen LogP contribution in [0.2, 0.25) is 0 Å². The predicted molar refractivity (Wildman–Crippen MR) is 65.9 cm³/mol. The maximum atomic E-state index is 6.04. The maximum absolute atomic E-state index is 6.04. The minimum Gasteiger partial charge on any atom is -0.339 e. The van der Waals surface area contributed by atoms with Crippen LogP contribution < -0.4 is 5.73 Å². The number of nitrogens with two attached hydrogens (primary N) is 1. The number of rotatable bonds is 3. The van der Waals surface area contributed by atoms with Crippen LogP contribution in [0.5, 0.6) is 0 Å². The molecule has 0 amide bonds. The first-order valence-corrected chi connectivity index (χ1v) is 6.30. The van der Waals surface area contributed by atoms with Gasteiger partial charge in [0, 0.05) is 24.9 Å². The molecule has 2 unspecified atom stereocenters. The van der Waals surface area contributed by atoms with Gasteiger partial charge < -0.3 is 10.3 Å². The molecule has 2 aromatic rings. The average Bonchev–Trinajstić information content (AvgIpc) is 2.99. The third kappa shape index (κ3) is 2.26. The molecular weight excluding hydrogens is 228 g/mol. The van der Waals surface area contributed by atoms with Crippen LogP contribution in [-0.4, -0.2) is 21.2 Å². The highest BCUT2D eigenvalue weighted by molar-refractivity contribution is 5.15. The zero-order chi connectivity index (χ0) is 12.4. The van der Waals surface area contributed by atoms with E-state index in [1.54, 1.807) is 12.4 Å². The van der Waals surface area contributed by atoms with E-state index in [1.165, 1.54) is 0 Å². The molecule has 0 aliphatic heterocycles. The van der Waals surface area contributed by atoms with Gasteiger partial charge in [-0.1, -0.05) is 11.6 Å². The standard InChI is InChI=1S/C13H16N4O/c14-11-3-1-2-10(11)13-16-12(17-18-13)8-9-4-6-15-7-5-9/h4-7,10-11H,1-3,8,14H2. The molecule has 2 aromatic heterocycles. The molecule has 1 fully saturated rings. The summed E-state index contributed by atoms with van der Waals surface area (Å²) in [6.45, 7) is 0. The Morgan fingerprint density at radius 3 is 2.83 bits per heavy atom. The summed E-state index contributed by atoms with van der Waals surface area (Å²) in [5.41, 5.74) is 7.17. The van der Waals surface area contributed by atoms with Crippen LogP contribution in [0.4, 0.5) is 0 Å². The molecule has 3 rings (SSSR count). The molecule has 94 valence electrons. The summed E-state index contributed by atoms with van der Waals surface area (Å²) in [5.74, 6) is 1.66. The lowest BCUT2D eigenvalue weighted by Gasteiger charge is -2.08. The Labute approximate surface area is 105 Å². The highest BCUT2D eigenvalue weighted by Gasteiger charge is 2.30. The Bertz CT molecular complexity index is 511. The van der Waals surface area contributed by atoms with E-state index in [0.717, 1.165) is 30.7 Å². The molecule has 1 aliphatic rings. The van der Waals surface area contributed by atoms with E-state index >= 15 is 0 Å². The van der Waals surface area contributed by atoms with Crippen molar-refractivity contribution in [2.24, 2.45) is 5.73 Å². The van der Waals surface area contributed by atoms with E-state index in [2.05, 4.69) is 15.1 Å². The Morgan fingerprint density at radius 1 is 1.28 bits per heavy atom. The molecule has 0 saturated heterocycles. The van der Waals surface area contributed by atoms with Gasteiger partial charge in [0.1, 0.15) is 0 Å². The molecule has 0 radical (unpaired) electrons. The molecule has 0 bridgehead atoms. The number of hydrogen-bond donors (Lipinski definition) is 1. The van der Waals surface area contributed by atoms with Gasteiger partial charge in [0.05, 0.1) is 5.92 Å². The first kappa shape index (κ1) is 11.3. The minimum atomic E-state index is 0.166. The van der Waals surface area contributed by atoms with Crippen molar-refractivity contribution >= 4 is 0 Å². The molecule has 2 heterocycles. The van der Waals surface area contributed by atoms with Crippen molar-refractivity contribution in [3.05, 3.63) is 41.8 Å². The summed E-state index contributed by atoms with van der Waals surface area (Å²) in [7, 11) is 0. The van der Waals surface area contributed by atoms with Gasteiger partial charge >= 0.3 is 0 Å². The van der Waals surface area contributed by atoms with E-state index in [9.17, 15) is 0 Å². The topological polar surface area (TPSA) is 77.8 Å². The zero-order valence-electron chi connectivity index (χ0n) is 10.1. The second-order valence-corrected chi connectivity index (χ2v) is 4.78. The first-order chi connectivity index (χ1) is 8.83. The van der Waals surface area contributed by atoms with Gasteiger partial charge in [-0.2, -0.15) is 4.98 Å². The van der Waals surface area contributed by atoms with Crippen molar-refractivity contribution in [1.82, 2.24) is 15.1 Å². The van der Waals surface area contributed by atoms with Gasteiger partial charge in [0.15, 0.2) is 5.82 Å². The van der Waals surface area contributed by atoms with Crippen molar-refractivity contribution in [1.29, 1.82) is 0 Å². The van der Waals surface area contributed by atoms with E-state index in [-0.39, 0.29) is 12.0 Å². The highest BCUT2D eigenvalue weighted by atomic mass is 16.5. The molecular formula is C13H16N4O. The predicted octanol–water partition coefficient (Wildman–Crippen LogP) is 1.65. The Morgan fingerprint density at radius 2 is 2.11 bits per heavy atom. The fourth-order valence-corrected chi connectivity index (χ4v) is 2.47. The quantitative estimate of drug-likeness (QED) is 0.888. The van der Waals surface area contributed by atoms with Crippen molar-refractivity contribution in [3.8, 4) is 0 Å². The average molecular weight is 244 g/mol. The molecule has 0 aromatic carbocycles. The maximum Gasteiger partial charge on any atom is 0.231 e. The minimum absolute atomic E-state index is 0.166. The fraction of sp³-hybridized carbons (Fsp3) is 0.462. The van der Waals surface area contributed by atoms with Gasteiger partial charge in [-0.05, 0) is 30.5 Å². The molecule has 5 heteroatoms. The van der Waals surface area contributed by atoms with Crippen LogP contribution in [0.15, 0.2) is 29.0 Å². The monoisotopic (exact) mass is 244 g/mol. The van der Waals surface area contributed by atoms with Gasteiger partial charge in [0.2, 0.25) is 5.89 Å². The third-order valence-electron chi connectivity index (χ3n) is 3.48. The number of hydrogen-bond acceptors (Lipinski definition) is 5. The van der Waals surface area contributed by atoms with Crippen LogP contribution in [0.3, 0.4) is 0 Å². The summed E-state index contributed by atoms with van der Waals surface area (Å²) in [4.78, 5) is 8.44. The summed E-state index contributed by atoms with van der Waals surface area (Å²) >= 11 is 0. The normalized spacial score (nSPS) is 23.4. The van der Waals surface area contributed by atoms with Crippen LogP contribution in [0.1, 0.15) is 42.5 Å². The molecule has 18 heavy (non-hydrogen) atoms. The van der Waals surface area contributed by atoms with Gasteiger partial charge in [-0.15, -0.1) is 0 Å². The molecule has 1 aliphatic carbocycles. The van der Waals surface area contributed by atoms with Crippen molar-refractivity contribution in [2.45, 2.75) is 37.6 Å². The smallest absolute Gasteiger partial charge is 0.231 e. The van der Waals surface area contributed by atoms with Crippen molar-refractivity contribution < 1.29 is 4.52 Å². The third-order valence-corrected chi connectivity index (χ3v) is 3.48. The lowest BCUT2D eigenvalue weighted by molar-refractivity contribution is 0.342. The largest absolute Gasteiger partial charge is 0.339 e. The van der Waals surface area contributed by atoms with Crippen LogP contribution >= 0.6 is 0 Å². The summed E-state index contributed by atoms with van der Waals surface area (Å²) in [6.07, 6.45) is 7.46. The lowest BCUT2D eigenvalue weighted by atomic mass is 10.1. The number of nitrogens with zero attached hydrogens (tertiary/aromatic N) is 3. The Hall–Kier alpha value is -1.75. The summed E-state index contributed by atoms with van der Waals surface area (Å²) < 4.78 is 5.33. The first-order valence-electron chi connectivity index (χ1n) is 6.30. The fourth-order valence-electron chi connectivity index (χ4n) is 2.47. The molecule has 1 saturated carbocycles. The molecule has 0 spiro atoms. The van der Waals surface area contributed by atoms with Crippen molar-refractivity contribution in [2.75, 3.05) is 0 Å².